The molecule has 2 aliphatic rings. The van der Waals surface area contributed by atoms with E-state index in [4.69, 9.17) is 5.73 Å². The molecule has 2 fully saturated rings. The fraction of sp³-hybridized carbons (Fsp3) is 1.00. The molecule has 9 heteroatoms. The summed E-state index contributed by atoms with van der Waals surface area (Å²) >= 11 is 0. The number of hydrogen-bond donors (Lipinski definition) is 2. The first kappa shape index (κ1) is 16.0. The zero-order valence-electron chi connectivity index (χ0n) is 9.81. The topological polar surface area (TPSA) is 75.4 Å². The van der Waals surface area contributed by atoms with Crippen LogP contribution in [0.2, 0.25) is 0 Å². The molecule has 0 aromatic heterocycles. The Kier molecular flexibility index (Phi) is 4.93. The molecule has 108 valence electrons. The molecule has 1 aliphatic carbocycles. The second-order valence-corrected chi connectivity index (χ2v) is 6.50. The van der Waals surface area contributed by atoms with E-state index < -0.39 is 29.2 Å². The summed E-state index contributed by atoms with van der Waals surface area (Å²) in [5.74, 6) is -2.79. The van der Waals surface area contributed by atoms with Crippen molar-refractivity contribution in [3.8, 4) is 0 Å². The van der Waals surface area contributed by atoms with Crippen molar-refractivity contribution in [2.45, 2.75) is 31.2 Å². The number of fused-ring (bicyclic) bond motifs is 2. The van der Waals surface area contributed by atoms with Crippen LogP contribution in [0.3, 0.4) is 0 Å². The van der Waals surface area contributed by atoms with Gasteiger partial charge >= 0.3 is 0 Å². The molecule has 1 aliphatic heterocycles. The standard InChI is InChI=1S/C9H17F2N3O2S.ClH/c10-9(11,5-12)6-13-17(15,16)14-4-7-1-2-8(14)3-7;/h7-8,13H,1-6,12H2;1H. The number of nitrogens with one attached hydrogen (secondary N) is 1. The van der Waals surface area contributed by atoms with Gasteiger partial charge in [-0.05, 0) is 25.2 Å². The number of rotatable bonds is 5. The molecule has 5 nitrogen and oxygen atoms in total. The molecule has 18 heavy (non-hydrogen) atoms. The average molecular weight is 306 g/mol. The molecule has 2 unspecified atom stereocenters. The summed E-state index contributed by atoms with van der Waals surface area (Å²) in [6.07, 6.45) is 2.72. The van der Waals surface area contributed by atoms with E-state index in [-0.39, 0.29) is 18.4 Å². The van der Waals surface area contributed by atoms with Crippen LogP contribution in [0.1, 0.15) is 19.3 Å². The molecule has 1 heterocycles. The molecular formula is C9H18ClF2N3O2S. The smallest absolute Gasteiger partial charge is 0.279 e. The van der Waals surface area contributed by atoms with Gasteiger partial charge in [-0.2, -0.15) is 17.4 Å². The van der Waals surface area contributed by atoms with E-state index in [0.717, 1.165) is 19.3 Å². The summed E-state index contributed by atoms with van der Waals surface area (Å²) < 4.78 is 52.7. The second kappa shape index (κ2) is 5.54. The maximum atomic E-state index is 12.9. The average Bonchev–Trinajstić information content (AvgIpc) is 2.89. The molecule has 3 N–H and O–H groups in total. The van der Waals surface area contributed by atoms with Gasteiger partial charge in [0.05, 0.1) is 13.1 Å². The van der Waals surface area contributed by atoms with Crippen LogP contribution in [0.25, 0.3) is 0 Å². The number of halogens is 3. The first-order valence-corrected chi connectivity index (χ1v) is 7.12. The largest absolute Gasteiger partial charge is 0.325 e. The van der Waals surface area contributed by atoms with Gasteiger partial charge in [-0.3, -0.25) is 0 Å². The van der Waals surface area contributed by atoms with E-state index >= 15 is 0 Å². The minimum Gasteiger partial charge on any atom is -0.325 e. The quantitative estimate of drug-likeness (QED) is 0.768. The van der Waals surface area contributed by atoms with E-state index in [9.17, 15) is 17.2 Å². The van der Waals surface area contributed by atoms with E-state index in [1.807, 2.05) is 4.72 Å². The van der Waals surface area contributed by atoms with Gasteiger partial charge in [-0.25, -0.2) is 8.78 Å². The zero-order chi connectivity index (χ0) is 12.7. The van der Waals surface area contributed by atoms with E-state index in [1.54, 1.807) is 0 Å². The van der Waals surface area contributed by atoms with E-state index in [0.29, 0.717) is 12.5 Å². The second-order valence-electron chi connectivity index (χ2n) is 4.79. The molecule has 2 atom stereocenters. The molecule has 2 rings (SSSR count). The van der Waals surface area contributed by atoms with Crippen LogP contribution < -0.4 is 10.5 Å². The van der Waals surface area contributed by atoms with Crippen molar-refractivity contribution in [3.63, 3.8) is 0 Å². The summed E-state index contributed by atoms with van der Waals surface area (Å²) in [5.41, 5.74) is 4.85. The van der Waals surface area contributed by atoms with Gasteiger partial charge in [0.2, 0.25) is 0 Å². The minimum atomic E-state index is -3.79. The molecule has 1 saturated heterocycles. The van der Waals surface area contributed by atoms with Gasteiger partial charge in [-0.15, -0.1) is 12.4 Å². The van der Waals surface area contributed by atoms with E-state index in [1.165, 1.54) is 4.31 Å². The fourth-order valence-electron chi connectivity index (χ4n) is 2.53. The van der Waals surface area contributed by atoms with Crippen molar-refractivity contribution in [2.75, 3.05) is 19.6 Å². The first-order valence-electron chi connectivity index (χ1n) is 5.68. The van der Waals surface area contributed by atoms with Crippen molar-refractivity contribution in [3.05, 3.63) is 0 Å². The summed E-state index contributed by atoms with van der Waals surface area (Å²) in [7, 11) is -3.79. The molecule has 0 spiro atoms. The number of hydrogen-bond acceptors (Lipinski definition) is 3. The van der Waals surface area contributed by atoms with Crippen molar-refractivity contribution >= 4 is 22.6 Å². The van der Waals surface area contributed by atoms with Crippen molar-refractivity contribution < 1.29 is 17.2 Å². The number of piperidine rings is 1. The Morgan fingerprint density at radius 1 is 1.39 bits per heavy atom. The molecule has 0 aromatic rings. The lowest BCUT2D eigenvalue weighted by Crippen LogP contribution is -2.49. The molecule has 1 saturated carbocycles. The van der Waals surface area contributed by atoms with Crippen LogP contribution in [-0.2, 0) is 10.2 Å². The van der Waals surface area contributed by atoms with Gasteiger partial charge in [0.15, 0.2) is 0 Å². The summed E-state index contributed by atoms with van der Waals surface area (Å²) in [5, 5.41) is 0. The van der Waals surface area contributed by atoms with Crippen LogP contribution >= 0.6 is 12.4 Å². The summed E-state index contributed by atoms with van der Waals surface area (Å²) in [4.78, 5) is 0. The summed E-state index contributed by atoms with van der Waals surface area (Å²) in [6.45, 7) is -1.34. The number of nitrogens with two attached hydrogens (primary N) is 1. The van der Waals surface area contributed by atoms with Gasteiger partial charge in [0.25, 0.3) is 16.1 Å². The third-order valence-corrected chi connectivity index (χ3v) is 5.05. The van der Waals surface area contributed by atoms with Gasteiger partial charge < -0.3 is 5.73 Å². The zero-order valence-corrected chi connectivity index (χ0v) is 11.4. The Morgan fingerprint density at radius 2 is 2.06 bits per heavy atom. The van der Waals surface area contributed by atoms with Crippen molar-refractivity contribution in [1.29, 1.82) is 0 Å². The molecule has 0 amide bonds. The summed E-state index contributed by atoms with van der Waals surface area (Å²) in [6, 6.07) is -0.0102. The third-order valence-electron chi connectivity index (χ3n) is 3.48. The maximum absolute atomic E-state index is 12.9. The highest BCUT2D eigenvalue weighted by molar-refractivity contribution is 7.87. The lowest BCUT2D eigenvalue weighted by molar-refractivity contribution is 0.0166. The monoisotopic (exact) mass is 305 g/mol. The van der Waals surface area contributed by atoms with Crippen LogP contribution in [0.15, 0.2) is 0 Å². The van der Waals surface area contributed by atoms with Gasteiger partial charge in [0, 0.05) is 12.6 Å². The third kappa shape index (κ3) is 3.30. The maximum Gasteiger partial charge on any atom is 0.279 e. The molecule has 2 bridgehead atoms. The van der Waals surface area contributed by atoms with Crippen molar-refractivity contribution in [1.82, 2.24) is 9.03 Å². The predicted octanol–water partition coefficient (Wildman–Crippen LogP) is 0.321. The van der Waals surface area contributed by atoms with Crippen LogP contribution in [0, 0.1) is 5.92 Å². The Balaban J connectivity index is 0.00000162. The lowest BCUT2D eigenvalue weighted by atomic mass is 10.1. The highest BCUT2D eigenvalue weighted by Crippen LogP contribution is 2.38. The SMILES string of the molecule is Cl.NCC(F)(F)CNS(=O)(=O)N1CC2CCC1C2. The molecule has 0 aromatic carbocycles. The highest BCUT2D eigenvalue weighted by atomic mass is 35.5. The van der Waals surface area contributed by atoms with Gasteiger partial charge in [0.1, 0.15) is 0 Å². The lowest BCUT2D eigenvalue weighted by Gasteiger charge is -2.27. The number of nitrogens with zero attached hydrogens (tertiary/aromatic N) is 1. The highest BCUT2D eigenvalue weighted by Gasteiger charge is 2.44. The Bertz CT molecular complexity index is 393. The predicted molar refractivity (Wildman–Crippen MR) is 66.0 cm³/mol. The fourth-order valence-corrected chi connectivity index (χ4v) is 4.08. The normalized spacial score (nSPS) is 28.4. The van der Waals surface area contributed by atoms with E-state index in [2.05, 4.69) is 0 Å². The Labute approximate surface area is 112 Å². The minimum absolute atomic E-state index is 0. The first-order chi connectivity index (χ1) is 7.84. The van der Waals surface area contributed by atoms with Crippen LogP contribution in [0.5, 0.6) is 0 Å². The van der Waals surface area contributed by atoms with Crippen LogP contribution in [-0.4, -0.2) is 44.3 Å². The number of alkyl halides is 2. The Morgan fingerprint density at radius 3 is 2.50 bits per heavy atom. The van der Waals surface area contributed by atoms with Crippen LogP contribution in [0.4, 0.5) is 8.78 Å². The van der Waals surface area contributed by atoms with Crippen molar-refractivity contribution in [2.24, 2.45) is 11.7 Å². The Hall–Kier alpha value is -0.0200. The van der Waals surface area contributed by atoms with Gasteiger partial charge in [-0.1, -0.05) is 0 Å². The molecular weight excluding hydrogens is 288 g/mol. The molecule has 0 radical (unpaired) electrons.